The number of carboxylic acid groups (broad SMARTS) is 2. The number of amides is 1. The number of carboxylic acids is 2. The number of phenols is 1. The van der Waals surface area contributed by atoms with Gasteiger partial charge in [-0.2, -0.15) is 0 Å². The van der Waals surface area contributed by atoms with Crippen molar-refractivity contribution in [2.75, 3.05) is 19.0 Å². The van der Waals surface area contributed by atoms with E-state index in [1.165, 1.54) is 11.6 Å². The predicted octanol–water partition coefficient (Wildman–Crippen LogP) is 1.94. The lowest BCUT2D eigenvalue weighted by Crippen LogP contribution is -2.32. The number of hydrogen-bond acceptors (Lipinski definition) is 7. The van der Waals surface area contributed by atoms with Gasteiger partial charge in [0.1, 0.15) is 11.5 Å². The Bertz CT molecular complexity index is 928. The number of benzene rings is 2. The minimum Gasteiger partial charge on any atom is -0.506 e. The lowest BCUT2D eigenvalue weighted by molar-refractivity contribution is -0.134. The molecule has 10 nitrogen and oxygen atoms in total. The second-order valence-electron chi connectivity index (χ2n) is 6.93. The number of rotatable bonds is 11. The van der Waals surface area contributed by atoms with E-state index in [0.29, 0.717) is 30.7 Å². The zero-order valence-electron chi connectivity index (χ0n) is 18.3. The van der Waals surface area contributed by atoms with Crippen molar-refractivity contribution in [2.45, 2.75) is 25.5 Å². The molecule has 6 N–H and O–H groups in total. The molecule has 0 heterocycles. The van der Waals surface area contributed by atoms with Crippen LogP contribution in [0, 0.1) is 0 Å². The molecule has 0 aliphatic carbocycles. The molecule has 0 radical (unpaired) electrons. The first-order valence-electron chi connectivity index (χ1n) is 9.87. The van der Waals surface area contributed by atoms with Gasteiger partial charge < -0.3 is 35.8 Å². The number of hydrogen-bond donors (Lipinski definition) is 6. The fourth-order valence-electron chi connectivity index (χ4n) is 2.70. The fraction of sp³-hybridized carbons (Fsp3) is 0.261. The molecule has 0 aliphatic heterocycles. The Kier molecular flexibility index (Phi) is 11.7. The van der Waals surface area contributed by atoms with Gasteiger partial charge in [-0.1, -0.05) is 18.2 Å². The third-order valence-corrected chi connectivity index (χ3v) is 4.35. The van der Waals surface area contributed by atoms with Crippen LogP contribution in [0.5, 0.6) is 11.5 Å². The SMILES string of the molecule is COc1ccc(CC(C)NCC(O)c2ccc(O)c(NC=O)c2)cc1.O=C(O)/C=C/C(=O)O. The normalized spacial score (nSPS) is 12.2. The monoisotopic (exact) mass is 460 g/mol. The molecular weight excluding hydrogens is 432 g/mol. The molecule has 0 saturated heterocycles. The second kappa shape index (κ2) is 14.2. The van der Waals surface area contributed by atoms with E-state index < -0.39 is 18.0 Å². The highest BCUT2D eigenvalue weighted by Gasteiger charge is 2.12. The van der Waals surface area contributed by atoms with Crippen molar-refractivity contribution in [1.82, 2.24) is 5.32 Å². The summed E-state index contributed by atoms with van der Waals surface area (Å²) in [6.07, 6.45) is 1.68. The van der Waals surface area contributed by atoms with Gasteiger partial charge in [-0.05, 0) is 48.7 Å². The summed E-state index contributed by atoms with van der Waals surface area (Å²) in [5, 5.41) is 41.3. The topological polar surface area (TPSA) is 165 Å². The number of methoxy groups -OCH3 is 1. The highest BCUT2D eigenvalue weighted by molar-refractivity contribution is 5.89. The Morgan fingerprint density at radius 1 is 1.06 bits per heavy atom. The molecule has 2 aromatic carbocycles. The van der Waals surface area contributed by atoms with Gasteiger partial charge in [-0.15, -0.1) is 0 Å². The minimum absolute atomic E-state index is 0.0381. The quantitative estimate of drug-likeness (QED) is 0.167. The van der Waals surface area contributed by atoms with Gasteiger partial charge in [0, 0.05) is 24.7 Å². The zero-order valence-corrected chi connectivity index (χ0v) is 18.3. The van der Waals surface area contributed by atoms with E-state index in [-0.39, 0.29) is 17.5 Å². The average molecular weight is 460 g/mol. The van der Waals surface area contributed by atoms with Crippen LogP contribution >= 0.6 is 0 Å². The smallest absolute Gasteiger partial charge is 0.328 e. The van der Waals surface area contributed by atoms with Crippen LogP contribution in [0.25, 0.3) is 0 Å². The standard InChI is InChI=1S/C19H24N2O4.C4H4O4/c1-13(9-14-3-6-16(25-2)7-4-14)20-11-19(24)15-5-8-18(23)17(10-15)21-12-22;5-3(6)1-2-4(7)8/h3-8,10,12-13,19-20,23-24H,9,11H2,1-2H3,(H,21,22);1-2H,(H,5,6)(H,7,8)/b;2-1+. The van der Waals surface area contributed by atoms with Gasteiger partial charge in [0.25, 0.3) is 0 Å². The Morgan fingerprint density at radius 2 is 1.67 bits per heavy atom. The summed E-state index contributed by atoms with van der Waals surface area (Å²) < 4.78 is 5.14. The molecule has 2 unspecified atom stereocenters. The summed E-state index contributed by atoms with van der Waals surface area (Å²) in [4.78, 5) is 29.6. The van der Waals surface area contributed by atoms with E-state index in [1.807, 2.05) is 31.2 Å². The number of carbonyl (C=O) groups is 3. The third-order valence-electron chi connectivity index (χ3n) is 4.35. The van der Waals surface area contributed by atoms with E-state index in [9.17, 15) is 24.6 Å². The molecule has 33 heavy (non-hydrogen) atoms. The Hall–Kier alpha value is -3.89. The number of aliphatic hydroxyl groups excluding tert-OH is 1. The van der Waals surface area contributed by atoms with Crippen molar-refractivity contribution >= 4 is 24.0 Å². The second-order valence-corrected chi connectivity index (χ2v) is 6.93. The van der Waals surface area contributed by atoms with E-state index >= 15 is 0 Å². The van der Waals surface area contributed by atoms with Crippen molar-refractivity contribution in [3.8, 4) is 11.5 Å². The molecule has 2 aromatic rings. The summed E-state index contributed by atoms with van der Waals surface area (Å²) in [5.41, 5.74) is 2.07. The molecule has 0 aromatic heterocycles. The van der Waals surface area contributed by atoms with Crippen molar-refractivity contribution in [1.29, 1.82) is 0 Å². The van der Waals surface area contributed by atoms with Crippen LogP contribution in [-0.4, -0.2) is 58.5 Å². The zero-order chi connectivity index (χ0) is 24.8. The number of nitrogens with one attached hydrogen (secondary N) is 2. The van der Waals surface area contributed by atoms with Gasteiger partial charge in [0.05, 0.1) is 18.9 Å². The first-order valence-corrected chi connectivity index (χ1v) is 9.87. The Balaban J connectivity index is 0.000000582. The van der Waals surface area contributed by atoms with Gasteiger partial charge >= 0.3 is 11.9 Å². The van der Waals surface area contributed by atoms with Crippen LogP contribution in [0.1, 0.15) is 24.2 Å². The number of anilines is 1. The van der Waals surface area contributed by atoms with Crippen molar-refractivity contribution in [2.24, 2.45) is 0 Å². The number of aromatic hydroxyl groups is 1. The largest absolute Gasteiger partial charge is 0.506 e. The van der Waals surface area contributed by atoms with Crippen molar-refractivity contribution < 1.29 is 39.5 Å². The lowest BCUT2D eigenvalue weighted by Gasteiger charge is -2.18. The van der Waals surface area contributed by atoms with E-state index in [2.05, 4.69) is 10.6 Å². The fourth-order valence-corrected chi connectivity index (χ4v) is 2.70. The maximum Gasteiger partial charge on any atom is 0.328 e. The number of aliphatic carboxylic acids is 2. The molecule has 2 rings (SSSR count). The Morgan fingerprint density at radius 3 is 2.18 bits per heavy atom. The van der Waals surface area contributed by atoms with Gasteiger partial charge in [-0.25, -0.2) is 9.59 Å². The van der Waals surface area contributed by atoms with Crippen LogP contribution in [0.2, 0.25) is 0 Å². The molecule has 2 atom stereocenters. The molecule has 0 bridgehead atoms. The van der Waals surface area contributed by atoms with Crippen LogP contribution < -0.4 is 15.4 Å². The summed E-state index contributed by atoms with van der Waals surface area (Å²) in [6.45, 7) is 2.41. The maximum absolute atomic E-state index is 10.5. The molecule has 0 aliphatic rings. The highest BCUT2D eigenvalue weighted by Crippen LogP contribution is 2.26. The van der Waals surface area contributed by atoms with Gasteiger partial charge in [0.2, 0.25) is 6.41 Å². The molecule has 0 fully saturated rings. The number of aliphatic hydroxyl groups is 1. The van der Waals surface area contributed by atoms with Gasteiger partial charge in [0.15, 0.2) is 0 Å². The maximum atomic E-state index is 10.5. The van der Waals surface area contributed by atoms with Crippen molar-refractivity contribution in [3.05, 3.63) is 65.7 Å². The predicted molar refractivity (Wildman–Crippen MR) is 121 cm³/mol. The first kappa shape index (κ1) is 27.1. The first-order chi connectivity index (χ1) is 15.7. The molecule has 178 valence electrons. The molecule has 0 spiro atoms. The Labute approximate surface area is 191 Å². The molecule has 10 heteroatoms. The van der Waals surface area contributed by atoms with E-state index in [4.69, 9.17) is 14.9 Å². The molecule has 1 amide bonds. The van der Waals surface area contributed by atoms with E-state index in [0.717, 1.165) is 12.2 Å². The van der Waals surface area contributed by atoms with E-state index in [1.54, 1.807) is 19.2 Å². The molecular formula is C23H28N2O8. The number of ether oxygens (including phenoxy) is 1. The minimum atomic E-state index is -1.26. The number of phenolic OH excluding ortho intramolecular Hbond substituents is 1. The van der Waals surface area contributed by atoms with Crippen LogP contribution in [-0.2, 0) is 20.8 Å². The number of carbonyl (C=O) groups excluding carboxylic acids is 1. The summed E-state index contributed by atoms with van der Waals surface area (Å²) in [5.74, 6) is -1.73. The van der Waals surface area contributed by atoms with Crippen LogP contribution in [0.4, 0.5) is 5.69 Å². The van der Waals surface area contributed by atoms with Gasteiger partial charge in [-0.3, -0.25) is 4.79 Å². The molecule has 0 saturated carbocycles. The summed E-state index contributed by atoms with van der Waals surface area (Å²) in [7, 11) is 1.64. The lowest BCUT2D eigenvalue weighted by atomic mass is 10.1. The highest BCUT2D eigenvalue weighted by atomic mass is 16.5. The van der Waals surface area contributed by atoms with Crippen molar-refractivity contribution in [3.63, 3.8) is 0 Å². The average Bonchev–Trinajstić information content (AvgIpc) is 2.78. The summed E-state index contributed by atoms with van der Waals surface area (Å²) in [6, 6.07) is 12.7. The van der Waals surface area contributed by atoms with Crippen LogP contribution in [0.3, 0.4) is 0 Å². The third kappa shape index (κ3) is 10.8. The summed E-state index contributed by atoms with van der Waals surface area (Å²) >= 11 is 0. The van der Waals surface area contributed by atoms with Crippen LogP contribution in [0.15, 0.2) is 54.6 Å².